The van der Waals surface area contributed by atoms with Crippen LogP contribution >= 0.6 is 0 Å². The Kier molecular flexibility index (Phi) is 4.43. The molecule has 19 heavy (non-hydrogen) atoms. The van der Waals surface area contributed by atoms with Crippen molar-refractivity contribution in [2.45, 2.75) is 44.9 Å². The van der Waals surface area contributed by atoms with Crippen LogP contribution in [0.2, 0.25) is 0 Å². The van der Waals surface area contributed by atoms with Gasteiger partial charge in [-0.05, 0) is 32.3 Å². The van der Waals surface area contributed by atoms with E-state index in [1.54, 1.807) is 0 Å². The first-order chi connectivity index (χ1) is 9.05. The van der Waals surface area contributed by atoms with Crippen molar-refractivity contribution in [1.82, 2.24) is 5.32 Å². The van der Waals surface area contributed by atoms with Crippen LogP contribution in [-0.4, -0.2) is 24.3 Å². The van der Waals surface area contributed by atoms with Crippen LogP contribution in [0.4, 0.5) is 4.79 Å². The maximum atomic E-state index is 11.7. The molecule has 0 aromatic heterocycles. The van der Waals surface area contributed by atoms with Crippen LogP contribution in [0.1, 0.15) is 32.3 Å². The Labute approximate surface area is 114 Å². The van der Waals surface area contributed by atoms with Gasteiger partial charge in [0.05, 0.1) is 18.2 Å². The Balaban J connectivity index is 1.70. The molecule has 1 N–H and O–H groups in total. The van der Waals surface area contributed by atoms with Gasteiger partial charge < -0.3 is 14.8 Å². The number of nitrogens with one attached hydrogen (secondary N) is 1. The summed E-state index contributed by atoms with van der Waals surface area (Å²) in [5.74, 6) is 0. The first kappa shape index (κ1) is 13.9. The number of carbonyl (C=O) groups is 1. The van der Waals surface area contributed by atoms with Crippen molar-refractivity contribution < 1.29 is 14.3 Å². The van der Waals surface area contributed by atoms with Gasteiger partial charge in [0.25, 0.3) is 0 Å². The minimum Gasteiger partial charge on any atom is -0.445 e. The summed E-state index contributed by atoms with van der Waals surface area (Å²) < 4.78 is 10.8. The highest BCUT2D eigenvalue weighted by molar-refractivity contribution is 5.67. The number of benzene rings is 1. The Bertz CT molecular complexity index is 407. The maximum absolute atomic E-state index is 11.7. The molecule has 0 radical (unpaired) electrons. The molecule has 0 bridgehead atoms. The molecule has 0 spiro atoms. The molecule has 1 aliphatic heterocycles. The van der Waals surface area contributed by atoms with Gasteiger partial charge in [0.15, 0.2) is 0 Å². The monoisotopic (exact) mass is 263 g/mol. The summed E-state index contributed by atoms with van der Waals surface area (Å²) in [6.45, 7) is 4.98. The molecule has 2 rings (SSSR count). The zero-order valence-corrected chi connectivity index (χ0v) is 11.5. The highest BCUT2D eigenvalue weighted by atomic mass is 16.5. The second-order valence-electron chi connectivity index (χ2n) is 5.51. The van der Waals surface area contributed by atoms with Crippen molar-refractivity contribution >= 4 is 6.09 Å². The van der Waals surface area contributed by atoms with Gasteiger partial charge >= 0.3 is 6.09 Å². The summed E-state index contributed by atoms with van der Waals surface area (Å²) in [7, 11) is 0. The van der Waals surface area contributed by atoms with E-state index in [0.29, 0.717) is 13.2 Å². The van der Waals surface area contributed by atoms with E-state index in [2.05, 4.69) is 19.2 Å². The average molecular weight is 263 g/mol. The lowest BCUT2D eigenvalue weighted by atomic mass is 9.96. The molecule has 1 amide bonds. The second kappa shape index (κ2) is 6.06. The molecule has 1 aromatic carbocycles. The molecule has 0 unspecified atom stereocenters. The highest BCUT2D eigenvalue weighted by Crippen LogP contribution is 2.23. The standard InChI is InChI=1S/C15H21NO3/c1-15(2)9-8-13(11-19-15)16-14(17)18-10-12-6-4-3-5-7-12/h3-7,13H,8-11H2,1-2H3,(H,16,17)/t13-/m1/s1. The van der Waals surface area contributed by atoms with E-state index in [-0.39, 0.29) is 17.7 Å². The summed E-state index contributed by atoms with van der Waals surface area (Å²) in [4.78, 5) is 11.7. The van der Waals surface area contributed by atoms with E-state index < -0.39 is 0 Å². The van der Waals surface area contributed by atoms with Gasteiger partial charge in [0.1, 0.15) is 6.61 Å². The summed E-state index contributed by atoms with van der Waals surface area (Å²) in [6, 6.07) is 9.70. The van der Waals surface area contributed by atoms with Crippen molar-refractivity contribution in [2.24, 2.45) is 0 Å². The van der Waals surface area contributed by atoms with Crippen molar-refractivity contribution in [3.05, 3.63) is 35.9 Å². The smallest absolute Gasteiger partial charge is 0.407 e. The van der Waals surface area contributed by atoms with E-state index in [9.17, 15) is 4.79 Å². The van der Waals surface area contributed by atoms with Crippen LogP contribution in [0.15, 0.2) is 30.3 Å². The first-order valence-electron chi connectivity index (χ1n) is 6.66. The lowest BCUT2D eigenvalue weighted by molar-refractivity contribution is -0.0648. The van der Waals surface area contributed by atoms with Crippen LogP contribution in [0.3, 0.4) is 0 Å². The third-order valence-corrected chi connectivity index (χ3v) is 3.30. The SMILES string of the molecule is CC1(C)CC[C@@H](NC(=O)OCc2ccccc2)CO1. The molecular formula is C15H21NO3. The molecule has 1 fully saturated rings. The van der Waals surface area contributed by atoms with Crippen molar-refractivity contribution in [3.63, 3.8) is 0 Å². The first-order valence-corrected chi connectivity index (χ1v) is 6.66. The number of amides is 1. The number of alkyl carbamates (subject to hydrolysis) is 1. The van der Waals surface area contributed by atoms with E-state index in [4.69, 9.17) is 9.47 Å². The lowest BCUT2D eigenvalue weighted by Crippen LogP contribution is -2.45. The van der Waals surface area contributed by atoms with Crippen molar-refractivity contribution in [1.29, 1.82) is 0 Å². The molecule has 4 heteroatoms. The molecule has 4 nitrogen and oxygen atoms in total. The highest BCUT2D eigenvalue weighted by Gasteiger charge is 2.28. The van der Waals surface area contributed by atoms with Crippen LogP contribution in [-0.2, 0) is 16.1 Å². The van der Waals surface area contributed by atoms with Crippen LogP contribution < -0.4 is 5.32 Å². The van der Waals surface area contributed by atoms with Crippen molar-refractivity contribution in [2.75, 3.05) is 6.61 Å². The molecule has 1 aliphatic rings. The Morgan fingerprint density at radius 1 is 1.42 bits per heavy atom. The van der Waals surface area contributed by atoms with Gasteiger partial charge in [-0.2, -0.15) is 0 Å². The molecule has 104 valence electrons. The predicted octanol–water partition coefficient (Wildman–Crippen LogP) is 2.87. The Morgan fingerprint density at radius 3 is 2.79 bits per heavy atom. The average Bonchev–Trinajstić information content (AvgIpc) is 2.40. The lowest BCUT2D eigenvalue weighted by Gasteiger charge is -2.34. The third kappa shape index (κ3) is 4.56. The summed E-state index contributed by atoms with van der Waals surface area (Å²) in [5, 5.41) is 2.84. The summed E-state index contributed by atoms with van der Waals surface area (Å²) in [6.07, 6.45) is 1.49. The Morgan fingerprint density at radius 2 is 2.16 bits per heavy atom. The van der Waals surface area contributed by atoms with Crippen molar-refractivity contribution in [3.8, 4) is 0 Å². The molecular weight excluding hydrogens is 242 g/mol. The molecule has 1 saturated heterocycles. The quantitative estimate of drug-likeness (QED) is 0.912. The van der Waals surface area contributed by atoms with Gasteiger partial charge in [-0.1, -0.05) is 30.3 Å². The zero-order chi connectivity index (χ0) is 13.7. The molecule has 1 aromatic rings. The zero-order valence-electron chi connectivity index (χ0n) is 11.5. The minimum atomic E-state index is -0.378. The Hall–Kier alpha value is -1.55. The van der Waals surface area contributed by atoms with E-state index >= 15 is 0 Å². The topological polar surface area (TPSA) is 47.6 Å². The number of hydrogen-bond donors (Lipinski definition) is 1. The number of ether oxygens (including phenoxy) is 2. The molecule has 0 aliphatic carbocycles. The fourth-order valence-corrected chi connectivity index (χ4v) is 2.05. The van der Waals surface area contributed by atoms with E-state index in [1.807, 2.05) is 30.3 Å². The van der Waals surface area contributed by atoms with Gasteiger partial charge in [-0.25, -0.2) is 4.79 Å². The molecule has 0 saturated carbocycles. The van der Waals surface area contributed by atoms with Crippen LogP contribution in [0.5, 0.6) is 0 Å². The number of hydrogen-bond acceptors (Lipinski definition) is 3. The minimum absolute atomic E-state index is 0.0521. The maximum Gasteiger partial charge on any atom is 0.407 e. The normalized spacial score (nSPS) is 21.7. The van der Waals surface area contributed by atoms with Gasteiger partial charge in [0, 0.05) is 0 Å². The fraction of sp³-hybridized carbons (Fsp3) is 0.533. The third-order valence-electron chi connectivity index (χ3n) is 3.30. The van der Waals surface area contributed by atoms with Gasteiger partial charge in [0.2, 0.25) is 0 Å². The summed E-state index contributed by atoms with van der Waals surface area (Å²) in [5.41, 5.74) is 0.908. The second-order valence-corrected chi connectivity index (χ2v) is 5.51. The molecule has 1 heterocycles. The predicted molar refractivity (Wildman–Crippen MR) is 72.8 cm³/mol. The number of rotatable bonds is 3. The summed E-state index contributed by atoms with van der Waals surface area (Å²) >= 11 is 0. The van der Waals surface area contributed by atoms with Crippen LogP contribution in [0.25, 0.3) is 0 Å². The number of carbonyl (C=O) groups excluding carboxylic acids is 1. The largest absolute Gasteiger partial charge is 0.445 e. The van der Waals surface area contributed by atoms with Crippen LogP contribution in [0, 0.1) is 0 Å². The van der Waals surface area contributed by atoms with E-state index in [0.717, 1.165) is 18.4 Å². The molecule has 1 atom stereocenters. The van der Waals surface area contributed by atoms with E-state index in [1.165, 1.54) is 0 Å². The van der Waals surface area contributed by atoms with Gasteiger partial charge in [-0.3, -0.25) is 0 Å². The fourth-order valence-electron chi connectivity index (χ4n) is 2.05. The van der Waals surface area contributed by atoms with Gasteiger partial charge in [-0.15, -0.1) is 0 Å².